The van der Waals surface area contributed by atoms with Crippen molar-refractivity contribution in [1.29, 1.82) is 0 Å². The highest BCUT2D eigenvalue weighted by Gasteiger charge is 2.27. The van der Waals surface area contributed by atoms with E-state index in [9.17, 15) is 4.79 Å². The minimum absolute atomic E-state index is 0.237. The van der Waals surface area contributed by atoms with Crippen LogP contribution in [-0.2, 0) is 13.5 Å². The minimum Gasteiger partial charge on any atom is -0.294 e. The van der Waals surface area contributed by atoms with Gasteiger partial charge in [0, 0.05) is 19.2 Å². The number of hydrogen-bond acceptors (Lipinski definition) is 2. The van der Waals surface area contributed by atoms with E-state index in [2.05, 4.69) is 18.9 Å². The van der Waals surface area contributed by atoms with Gasteiger partial charge in [-0.05, 0) is 25.2 Å². The maximum absolute atomic E-state index is 12.4. The molecule has 1 aromatic rings. The zero-order valence-electron chi connectivity index (χ0n) is 11.1. The molecular formula is C14H22N2O. The summed E-state index contributed by atoms with van der Waals surface area (Å²) in [6.45, 7) is 4.34. The molecule has 0 radical (unpaired) electrons. The van der Waals surface area contributed by atoms with Gasteiger partial charge in [-0.2, -0.15) is 5.10 Å². The molecular weight excluding hydrogens is 212 g/mol. The predicted molar refractivity (Wildman–Crippen MR) is 68.0 cm³/mol. The summed E-state index contributed by atoms with van der Waals surface area (Å²) in [5.41, 5.74) is 1.81. The zero-order valence-corrected chi connectivity index (χ0v) is 11.1. The molecule has 0 unspecified atom stereocenters. The van der Waals surface area contributed by atoms with Crippen LogP contribution < -0.4 is 0 Å². The molecule has 0 atom stereocenters. The molecule has 0 N–H and O–H groups in total. The van der Waals surface area contributed by atoms with E-state index in [0.29, 0.717) is 5.78 Å². The molecule has 1 fully saturated rings. The van der Waals surface area contributed by atoms with Crippen LogP contribution in [0.1, 0.15) is 55.6 Å². The number of Topliss-reactive ketones (excluding diaryl/α,β-unsaturated/α-hetero) is 1. The van der Waals surface area contributed by atoms with Gasteiger partial charge in [0.2, 0.25) is 0 Å². The number of aromatic nitrogens is 2. The van der Waals surface area contributed by atoms with Gasteiger partial charge in [0.15, 0.2) is 5.78 Å². The lowest BCUT2D eigenvalue weighted by Gasteiger charge is -2.24. The van der Waals surface area contributed by atoms with Crippen LogP contribution in [-0.4, -0.2) is 15.6 Å². The lowest BCUT2D eigenvalue weighted by atomic mass is 9.79. The Kier molecular flexibility index (Phi) is 3.65. The summed E-state index contributed by atoms with van der Waals surface area (Å²) in [6.07, 6.45) is 7.22. The Hall–Kier alpha value is -1.12. The molecule has 17 heavy (non-hydrogen) atoms. The first kappa shape index (κ1) is 12.3. The van der Waals surface area contributed by atoms with Crippen molar-refractivity contribution in [1.82, 2.24) is 9.78 Å². The Balaban J connectivity index is 2.13. The molecule has 94 valence electrons. The van der Waals surface area contributed by atoms with E-state index in [1.54, 1.807) is 4.68 Å². The van der Waals surface area contributed by atoms with E-state index < -0.39 is 0 Å². The monoisotopic (exact) mass is 234 g/mol. The number of ketones is 1. The van der Waals surface area contributed by atoms with E-state index in [4.69, 9.17) is 0 Å². The Morgan fingerprint density at radius 1 is 1.41 bits per heavy atom. The van der Waals surface area contributed by atoms with E-state index >= 15 is 0 Å². The van der Waals surface area contributed by atoms with Crippen molar-refractivity contribution in [2.75, 3.05) is 0 Å². The lowest BCUT2D eigenvalue weighted by molar-refractivity contribution is 0.0874. The normalized spacial score (nSPS) is 24.9. The molecule has 1 heterocycles. The van der Waals surface area contributed by atoms with Gasteiger partial charge >= 0.3 is 0 Å². The lowest BCUT2D eigenvalue weighted by Crippen LogP contribution is -2.21. The molecule has 0 spiro atoms. The van der Waals surface area contributed by atoms with Crippen molar-refractivity contribution in [3.8, 4) is 0 Å². The number of hydrogen-bond donors (Lipinski definition) is 0. The Bertz CT molecular complexity index is 400. The molecule has 2 rings (SSSR count). The predicted octanol–water partition coefficient (Wildman–Crippen LogP) is 2.99. The van der Waals surface area contributed by atoms with Crippen LogP contribution in [0, 0.1) is 11.8 Å². The fraction of sp³-hybridized carbons (Fsp3) is 0.714. The second-order valence-corrected chi connectivity index (χ2v) is 5.34. The van der Waals surface area contributed by atoms with Gasteiger partial charge in [0.05, 0.1) is 11.3 Å². The topological polar surface area (TPSA) is 34.9 Å². The number of carbonyl (C=O) groups is 1. The van der Waals surface area contributed by atoms with E-state index in [0.717, 1.165) is 36.4 Å². The standard InChI is InChI=1S/C14H22N2O/c1-4-13-12(9-16(3)15-13)14(17)11-7-5-10(2)6-8-11/h9-11H,4-8H2,1-3H3. The second kappa shape index (κ2) is 5.03. The van der Waals surface area contributed by atoms with Crippen molar-refractivity contribution >= 4 is 5.78 Å². The number of aryl methyl sites for hydroxylation is 2. The number of carbonyl (C=O) groups excluding carboxylic acids is 1. The van der Waals surface area contributed by atoms with Gasteiger partial charge in [-0.1, -0.05) is 26.7 Å². The van der Waals surface area contributed by atoms with E-state index in [1.807, 2.05) is 13.2 Å². The fourth-order valence-corrected chi connectivity index (χ4v) is 2.74. The average molecular weight is 234 g/mol. The van der Waals surface area contributed by atoms with Crippen molar-refractivity contribution in [3.63, 3.8) is 0 Å². The molecule has 0 bridgehead atoms. The molecule has 0 amide bonds. The van der Waals surface area contributed by atoms with Gasteiger partial charge in [-0.15, -0.1) is 0 Å². The Morgan fingerprint density at radius 3 is 2.65 bits per heavy atom. The third kappa shape index (κ3) is 2.59. The maximum Gasteiger partial charge on any atom is 0.169 e. The van der Waals surface area contributed by atoms with Crippen LogP contribution in [0.5, 0.6) is 0 Å². The summed E-state index contributed by atoms with van der Waals surface area (Å²) >= 11 is 0. The van der Waals surface area contributed by atoms with E-state index in [-0.39, 0.29) is 5.92 Å². The van der Waals surface area contributed by atoms with Crippen LogP contribution in [0.4, 0.5) is 0 Å². The highest BCUT2D eigenvalue weighted by atomic mass is 16.1. The first-order valence-electron chi connectivity index (χ1n) is 6.68. The van der Waals surface area contributed by atoms with Gasteiger partial charge in [0.25, 0.3) is 0 Å². The molecule has 3 heteroatoms. The molecule has 0 saturated heterocycles. The Labute approximate surface area is 103 Å². The molecule has 1 aromatic heterocycles. The van der Waals surface area contributed by atoms with Crippen molar-refractivity contribution in [2.45, 2.75) is 46.0 Å². The van der Waals surface area contributed by atoms with Gasteiger partial charge < -0.3 is 0 Å². The van der Waals surface area contributed by atoms with Gasteiger partial charge in [-0.25, -0.2) is 0 Å². The fourth-order valence-electron chi connectivity index (χ4n) is 2.74. The third-order valence-electron chi connectivity index (χ3n) is 3.89. The molecule has 3 nitrogen and oxygen atoms in total. The largest absolute Gasteiger partial charge is 0.294 e. The SMILES string of the molecule is CCc1nn(C)cc1C(=O)C1CCC(C)CC1. The van der Waals surface area contributed by atoms with Crippen molar-refractivity contribution in [3.05, 3.63) is 17.5 Å². The molecule has 0 aromatic carbocycles. The molecule has 1 aliphatic carbocycles. The van der Waals surface area contributed by atoms with Crippen LogP contribution in [0.15, 0.2) is 6.20 Å². The molecule has 0 aliphatic heterocycles. The molecule has 1 aliphatic rings. The second-order valence-electron chi connectivity index (χ2n) is 5.34. The number of rotatable bonds is 3. The van der Waals surface area contributed by atoms with Crippen molar-refractivity contribution < 1.29 is 4.79 Å². The van der Waals surface area contributed by atoms with Crippen LogP contribution in [0.3, 0.4) is 0 Å². The highest BCUT2D eigenvalue weighted by Crippen LogP contribution is 2.31. The third-order valence-corrected chi connectivity index (χ3v) is 3.89. The maximum atomic E-state index is 12.4. The van der Waals surface area contributed by atoms with E-state index in [1.165, 1.54) is 12.8 Å². The smallest absolute Gasteiger partial charge is 0.169 e. The minimum atomic E-state index is 0.237. The summed E-state index contributed by atoms with van der Waals surface area (Å²) < 4.78 is 1.76. The Morgan fingerprint density at radius 2 is 2.06 bits per heavy atom. The summed E-state index contributed by atoms with van der Waals surface area (Å²) in [7, 11) is 1.89. The van der Waals surface area contributed by atoms with Gasteiger partial charge in [0.1, 0.15) is 0 Å². The summed E-state index contributed by atoms with van der Waals surface area (Å²) in [5.74, 6) is 1.35. The zero-order chi connectivity index (χ0) is 12.4. The van der Waals surface area contributed by atoms with Crippen LogP contribution >= 0.6 is 0 Å². The van der Waals surface area contributed by atoms with Crippen molar-refractivity contribution in [2.24, 2.45) is 18.9 Å². The van der Waals surface area contributed by atoms with Crippen LogP contribution in [0.2, 0.25) is 0 Å². The summed E-state index contributed by atoms with van der Waals surface area (Å²) in [5, 5.41) is 4.36. The number of nitrogens with zero attached hydrogens (tertiary/aromatic N) is 2. The summed E-state index contributed by atoms with van der Waals surface area (Å²) in [6, 6.07) is 0. The quantitative estimate of drug-likeness (QED) is 0.754. The first-order chi connectivity index (χ1) is 8.11. The molecule has 1 saturated carbocycles. The van der Waals surface area contributed by atoms with Gasteiger partial charge in [-0.3, -0.25) is 9.48 Å². The van der Waals surface area contributed by atoms with Crippen LogP contribution in [0.25, 0.3) is 0 Å². The highest BCUT2D eigenvalue weighted by molar-refractivity contribution is 5.98. The first-order valence-corrected chi connectivity index (χ1v) is 6.68. The average Bonchev–Trinajstić information content (AvgIpc) is 2.70. The summed E-state index contributed by atoms with van der Waals surface area (Å²) in [4.78, 5) is 12.4.